The fourth-order valence-corrected chi connectivity index (χ4v) is 2.93. The topological polar surface area (TPSA) is 49.0 Å². The van der Waals surface area contributed by atoms with Crippen LogP contribution in [0.25, 0.3) is 11.0 Å². The van der Waals surface area contributed by atoms with Crippen LogP contribution in [0.1, 0.15) is 38.4 Å². The van der Waals surface area contributed by atoms with Crippen LogP contribution in [0, 0.1) is 5.92 Å². The van der Waals surface area contributed by atoms with Crippen molar-refractivity contribution in [3.63, 3.8) is 0 Å². The van der Waals surface area contributed by atoms with Gasteiger partial charge in [0.25, 0.3) is 0 Å². The van der Waals surface area contributed by atoms with Gasteiger partial charge in [-0.05, 0) is 25.0 Å². The van der Waals surface area contributed by atoms with Crippen LogP contribution in [0.2, 0.25) is 0 Å². The van der Waals surface area contributed by atoms with Crippen LogP contribution in [0.3, 0.4) is 0 Å². The lowest BCUT2D eigenvalue weighted by molar-refractivity contribution is -0.135. The molecule has 2 heterocycles. The Kier molecular flexibility index (Phi) is 3.47. The second-order valence-electron chi connectivity index (χ2n) is 5.92. The molecule has 1 atom stereocenters. The molecule has 3 rings (SSSR count). The third kappa shape index (κ3) is 2.42. The summed E-state index contributed by atoms with van der Waals surface area (Å²) >= 11 is 0. The van der Waals surface area contributed by atoms with E-state index in [1.54, 1.807) is 0 Å². The van der Waals surface area contributed by atoms with Gasteiger partial charge in [-0.1, -0.05) is 26.0 Å². The molecule has 106 valence electrons. The molecule has 1 N–H and O–H groups in total. The van der Waals surface area contributed by atoms with Crippen molar-refractivity contribution in [3.05, 3.63) is 30.1 Å². The van der Waals surface area contributed by atoms with E-state index in [9.17, 15) is 4.79 Å². The van der Waals surface area contributed by atoms with Gasteiger partial charge in [0, 0.05) is 24.9 Å². The zero-order valence-electron chi connectivity index (χ0n) is 12.1. The predicted octanol–water partition coefficient (Wildman–Crippen LogP) is 2.92. The Morgan fingerprint density at radius 1 is 1.40 bits per heavy atom. The van der Waals surface area contributed by atoms with E-state index in [1.807, 2.05) is 43.0 Å². The molecule has 1 aliphatic rings. The smallest absolute Gasteiger partial charge is 0.225 e. The highest BCUT2D eigenvalue weighted by Gasteiger charge is 2.27. The van der Waals surface area contributed by atoms with Gasteiger partial charge >= 0.3 is 0 Å². The molecule has 1 aliphatic heterocycles. The number of piperidine rings is 1. The molecule has 0 bridgehead atoms. The van der Waals surface area contributed by atoms with E-state index in [0.29, 0.717) is 5.92 Å². The van der Waals surface area contributed by atoms with E-state index in [1.165, 1.54) is 0 Å². The van der Waals surface area contributed by atoms with Crippen LogP contribution >= 0.6 is 0 Å². The Hall–Kier alpha value is -1.84. The number of hydrogen-bond donors (Lipinski definition) is 1. The Balaban J connectivity index is 1.81. The number of imidazole rings is 1. The molecule has 1 aromatic heterocycles. The summed E-state index contributed by atoms with van der Waals surface area (Å²) in [6.07, 6.45) is 2.15. The van der Waals surface area contributed by atoms with Crippen LogP contribution < -0.4 is 0 Å². The van der Waals surface area contributed by atoms with Crippen LogP contribution in [0.5, 0.6) is 0 Å². The summed E-state index contributed by atoms with van der Waals surface area (Å²) in [4.78, 5) is 22.2. The normalized spacial score (nSPS) is 19.8. The van der Waals surface area contributed by atoms with Crippen molar-refractivity contribution in [2.75, 3.05) is 13.1 Å². The lowest BCUT2D eigenvalue weighted by atomic mass is 9.96. The number of nitrogens with one attached hydrogen (secondary N) is 1. The minimum absolute atomic E-state index is 0.0735. The van der Waals surface area contributed by atoms with Gasteiger partial charge in [-0.3, -0.25) is 4.79 Å². The highest BCUT2D eigenvalue weighted by Crippen LogP contribution is 2.27. The molecule has 0 spiro atoms. The SMILES string of the molecule is CC(C)C(=O)N1CCCC(c2nc3ccccc3[nH]2)C1. The van der Waals surface area contributed by atoms with Gasteiger partial charge in [0.15, 0.2) is 0 Å². The summed E-state index contributed by atoms with van der Waals surface area (Å²) in [6, 6.07) is 8.09. The average molecular weight is 271 g/mol. The van der Waals surface area contributed by atoms with E-state index >= 15 is 0 Å². The number of nitrogens with zero attached hydrogens (tertiary/aromatic N) is 2. The van der Waals surface area contributed by atoms with Crippen molar-refractivity contribution in [2.45, 2.75) is 32.6 Å². The summed E-state index contributed by atoms with van der Waals surface area (Å²) in [5.41, 5.74) is 2.09. The number of fused-ring (bicyclic) bond motifs is 1. The summed E-state index contributed by atoms with van der Waals surface area (Å²) < 4.78 is 0. The lowest BCUT2D eigenvalue weighted by Crippen LogP contribution is -2.41. The van der Waals surface area contributed by atoms with E-state index in [0.717, 1.165) is 42.8 Å². The third-order valence-corrected chi connectivity index (χ3v) is 4.02. The first-order valence-electron chi connectivity index (χ1n) is 7.38. The number of H-pyrrole nitrogens is 1. The molecule has 4 heteroatoms. The molecule has 0 radical (unpaired) electrons. The molecule has 2 aromatic rings. The monoisotopic (exact) mass is 271 g/mol. The van der Waals surface area contributed by atoms with Crippen molar-refractivity contribution >= 4 is 16.9 Å². The molecular weight excluding hydrogens is 250 g/mol. The van der Waals surface area contributed by atoms with Crippen LogP contribution in [-0.4, -0.2) is 33.9 Å². The maximum atomic E-state index is 12.1. The van der Waals surface area contributed by atoms with Gasteiger partial charge in [0.2, 0.25) is 5.91 Å². The number of rotatable bonds is 2. The van der Waals surface area contributed by atoms with E-state index in [-0.39, 0.29) is 11.8 Å². The zero-order chi connectivity index (χ0) is 14.1. The third-order valence-electron chi connectivity index (χ3n) is 4.02. The molecule has 1 aromatic carbocycles. The highest BCUT2D eigenvalue weighted by molar-refractivity contribution is 5.78. The summed E-state index contributed by atoms with van der Waals surface area (Å²) in [5, 5.41) is 0. The molecule has 20 heavy (non-hydrogen) atoms. The van der Waals surface area contributed by atoms with Gasteiger partial charge in [0.1, 0.15) is 5.82 Å². The number of likely N-dealkylation sites (tertiary alicyclic amines) is 1. The molecular formula is C16H21N3O. The summed E-state index contributed by atoms with van der Waals surface area (Å²) in [6.45, 7) is 5.60. The maximum Gasteiger partial charge on any atom is 0.225 e. The summed E-state index contributed by atoms with van der Waals surface area (Å²) in [5.74, 6) is 1.68. The van der Waals surface area contributed by atoms with E-state index in [2.05, 4.69) is 9.97 Å². The lowest BCUT2D eigenvalue weighted by Gasteiger charge is -2.33. The maximum absolute atomic E-state index is 12.1. The minimum atomic E-state index is 0.0735. The zero-order valence-corrected chi connectivity index (χ0v) is 12.1. The van der Waals surface area contributed by atoms with Crippen molar-refractivity contribution in [3.8, 4) is 0 Å². The first-order chi connectivity index (χ1) is 9.65. The fraction of sp³-hybridized carbons (Fsp3) is 0.500. The molecule has 4 nitrogen and oxygen atoms in total. The van der Waals surface area contributed by atoms with Gasteiger partial charge in [-0.15, -0.1) is 0 Å². The van der Waals surface area contributed by atoms with Crippen molar-refractivity contribution < 1.29 is 4.79 Å². The van der Waals surface area contributed by atoms with Crippen molar-refractivity contribution in [1.82, 2.24) is 14.9 Å². The Morgan fingerprint density at radius 3 is 2.95 bits per heavy atom. The van der Waals surface area contributed by atoms with E-state index < -0.39 is 0 Å². The minimum Gasteiger partial charge on any atom is -0.342 e. The largest absolute Gasteiger partial charge is 0.342 e. The predicted molar refractivity (Wildman–Crippen MR) is 79.5 cm³/mol. The summed E-state index contributed by atoms with van der Waals surface area (Å²) in [7, 11) is 0. The number of para-hydroxylation sites is 2. The number of hydrogen-bond acceptors (Lipinski definition) is 2. The number of amides is 1. The number of benzene rings is 1. The quantitative estimate of drug-likeness (QED) is 0.913. The molecule has 1 unspecified atom stereocenters. The van der Waals surface area contributed by atoms with Gasteiger partial charge in [-0.25, -0.2) is 4.98 Å². The number of aromatic nitrogens is 2. The average Bonchev–Trinajstić information content (AvgIpc) is 2.90. The number of carbonyl (C=O) groups excluding carboxylic acids is 1. The van der Waals surface area contributed by atoms with Gasteiger partial charge in [0.05, 0.1) is 11.0 Å². The van der Waals surface area contributed by atoms with Crippen LogP contribution in [0.15, 0.2) is 24.3 Å². The van der Waals surface area contributed by atoms with Crippen LogP contribution in [0.4, 0.5) is 0 Å². The molecule has 1 amide bonds. The first-order valence-corrected chi connectivity index (χ1v) is 7.38. The van der Waals surface area contributed by atoms with Crippen molar-refractivity contribution in [1.29, 1.82) is 0 Å². The molecule has 1 fully saturated rings. The standard InChI is InChI=1S/C16H21N3O/c1-11(2)16(20)19-9-5-6-12(10-19)15-17-13-7-3-4-8-14(13)18-15/h3-4,7-8,11-12H,5-6,9-10H2,1-2H3,(H,17,18). The number of aromatic amines is 1. The molecule has 0 saturated carbocycles. The van der Waals surface area contributed by atoms with Gasteiger partial charge in [-0.2, -0.15) is 0 Å². The Bertz CT molecular complexity index is 584. The Labute approximate surface area is 119 Å². The molecule has 1 saturated heterocycles. The second kappa shape index (κ2) is 5.27. The van der Waals surface area contributed by atoms with E-state index in [4.69, 9.17) is 0 Å². The number of carbonyl (C=O) groups is 1. The Morgan fingerprint density at radius 2 is 2.20 bits per heavy atom. The van der Waals surface area contributed by atoms with Gasteiger partial charge < -0.3 is 9.88 Å². The fourth-order valence-electron chi connectivity index (χ4n) is 2.93. The molecule has 0 aliphatic carbocycles. The first kappa shape index (κ1) is 13.2. The highest BCUT2D eigenvalue weighted by atomic mass is 16.2. The van der Waals surface area contributed by atoms with Crippen molar-refractivity contribution in [2.24, 2.45) is 5.92 Å². The van der Waals surface area contributed by atoms with Crippen LogP contribution in [-0.2, 0) is 4.79 Å². The second-order valence-corrected chi connectivity index (χ2v) is 5.92.